The first-order valence-electron chi connectivity index (χ1n) is 11.8. The lowest BCUT2D eigenvalue weighted by molar-refractivity contribution is -0.139. The van der Waals surface area contributed by atoms with Gasteiger partial charge in [-0.2, -0.15) is 0 Å². The van der Waals surface area contributed by atoms with E-state index in [1.54, 1.807) is 43.2 Å². The standard InChI is InChI=1S/C27H33N3O6/c1-18(8-7-11-24(33)30(14-15-31)17-20-9-5-4-6-10-20)27(36)22-16-21(28-25(34)19(2)32)12-13-23(22)29(3)26(27)35/h4-10,12-13,16,18-19,31-32,36H,11,14-15,17H2,1-3H3,(H,28,34)/b8-7+/t18-,19+,27+/m1/s1. The summed E-state index contributed by atoms with van der Waals surface area (Å²) in [4.78, 5) is 40.7. The van der Waals surface area contributed by atoms with Crippen LogP contribution in [0.3, 0.4) is 0 Å². The Morgan fingerprint density at radius 1 is 1.17 bits per heavy atom. The number of hydrogen-bond acceptors (Lipinski definition) is 6. The summed E-state index contributed by atoms with van der Waals surface area (Å²) in [7, 11) is 1.56. The average molecular weight is 496 g/mol. The first kappa shape index (κ1) is 27.1. The highest BCUT2D eigenvalue weighted by atomic mass is 16.3. The lowest BCUT2D eigenvalue weighted by atomic mass is 9.82. The number of aliphatic hydroxyl groups excluding tert-OH is 2. The molecule has 3 amide bonds. The van der Waals surface area contributed by atoms with Gasteiger partial charge in [0.1, 0.15) is 6.10 Å². The highest BCUT2D eigenvalue weighted by molar-refractivity contribution is 6.07. The molecule has 1 heterocycles. The molecule has 2 aromatic rings. The van der Waals surface area contributed by atoms with Crippen LogP contribution < -0.4 is 10.2 Å². The molecule has 1 aliphatic heterocycles. The van der Waals surface area contributed by atoms with Crippen molar-refractivity contribution in [3.63, 3.8) is 0 Å². The Labute approximate surface area is 210 Å². The SMILES string of the molecule is C[C@H](O)C(=O)Nc1ccc2c(c1)[C@@](O)([C@H](C)/C=C/CC(=O)N(CCO)Cc1ccccc1)C(=O)N2C. The molecule has 9 nitrogen and oxygen atoms in total. The fourth-order valence-corrected chi connectivity index (χ4v) is 4.24. The van der Waals surface area contributed by atoms with Gasteiger partial charge in [0.05, 0.1) is 12.3 Å². The van der Waals surface area contributed by atoms with Gasteiger partial charge in [0.25, 0.3) is 11.8 Å². The molecule has 0 radical (unpaired) electrons. The largest absolute Gasteiger partial charge is 0.395 e. The maximum atomic E-state index is 13.1. The van der Waals surface area contributed by atoms with Gasteiger partial charge in [-0.25, -0.2) is 0 Å². The molecule has 0 aliphatic carbocycles. The molecule has 0 bridgehead atoms. The molecule has 4 N–H and O–H groups in total. The smallest absolute Gasteiger partial charge is 0.264 e. The molecular weight excluding hydrogens is 462 g/mol. The van der Waals surface area contributed by atoms with Crippen LogP contribution in [0.4, 0.5) is 11.4 Å². The van der Waals surface area contributed by atoms with E-state index in [9.17, 15) is 29.7 Å². The topological polar surface area (TPSA) is 130 Å². The Morgan fingerprint density at radius 3 is 2.50 bits per heavy atom. The Balaban J connectivity index is 1.76. The van der Waals surface area contributed by atoms with Gasteiger partial charge >= 0.3 is 0 Å². The van der Waals surface area contributed by atoms with E-state index in [2.05, 4.69) is 5.32 Å². The van der Waals surface area contributed by atoms with E-state index in [1.807, 2.05) is 30.3 Å². The van der Waals surface area contributed by atoms with Crippen molar-refractivity contribution in [3.8, 4) is 0 Å². The van der Waals surface area contributed by atoms with E-state index in [0.717, 1.165) is 5.56 Å². The Bertz CT molecular complexity index is 1130. The van der Waals surface area contributed by atoms with Gasteiger partial charge in [0.2, 0.25) is 5.91 Å². The normalized spacial score (nSPS) is 18.7. The minimum Gasteiger partial charge on any atom is -0.395 e. The molecule has 2 aromatic carbocycles. The van der Waals surface area contributed by atoms with E-state index in [1.165, 1.54) is 17.9 Å². The maximum Gasteiger partial charge on any atom is 0.264 e. The van der Waals surface area contributed by atoms with Gasteiger partial charge in [-0.15, -0.1) is 0 Å². The number of carbonyl (C=O) groups is 3. The van der Waals surface area contributed by atoms with Crippen LogP contribution in [0.5, 0.6) is 0 Å². The molecule has 0 saturated heterocycles. The molecule has 0 fully saturated rings. The number of aliphatic hydroxyl groups is 3. The molecule has 36 heavy (non-hydrogen) atoms. The van der Waals surface area contributed by atoms with Gasteiger partial charge in [-0.3, -0.25) is 14.4 Å². The fourth-order valence-electron chi connectivity index (χ4n) is 4.24. The van der Waals surface area contributed by atoms with Crippen molar-refractivity contribution in [3.05, 3.63) is 71.8 Å². The Morgan fingerprint density at radius 2 is 1.86 bits per heavy atom. The first-order valence-corrected chi connectivity index (χ1v) is 11.8. The fraction of sp³-hybridized carbons (Fsp3) is 0.370. The molecule has 0 spiro atoms. The predicted molar refractivity (Wildman–Crippen MR) is 136 cm³/mol. The van der Waals surface area contributed by atoms with Crippen LogP contribution in [0.25, 0.3) is 0 Å². The number of amides is 3. The zero-order valence-electron chi connectivity index (χ0n) is 20.7. The minimum atomic E-state index is -1.90. The number of nitrogens with zero attached hydrogens (tertiary/aromatic N) is 2. The second kappa shape index (κ2) is 11.5. The summed E-state index contributed by atoms with van der Waals surface area (Å²) >= 11 is 0. The predicted octanol–water partition coefficient (Wildman–Crippen LogP) is 1.77. The summed E-state index contributed by atoms with van der Waals surface area (Å²) in [6.07, 6.45) is 2.06. The van der Waals surface area contributed by atoms with E-state index < -0.39 is 29.4 Å². The third kappa shape index (κ3) is 5.64. The summed E-state index contributed by atoms with van der Waals surface area (Å²) in [6.45, 7) is 3.41. The van der Waals surface area contributed by atoms with Crippen molar-refractivity contribution in [1.82, 2.24) is 4.90 Å². The molecule has 192 valence electrons. The molecule has 9 heteroatoms. The number of likely N-dealkylation sites (N-methyl/N-ethyl adjacent to an activating group) is 1. The van der Waals surface area contributed by atoms with Crippen molar-refractivity contribution in [2.24, 2.45) is 5.92 Å². The van der Waals surface area contributed by atoms with Crippen LogP contribution in [0, 0.1) is 5.92 Å². The van der Waals surface area contributed by atoms with Crippen LogP contribution in [0.15, 0.2) is 60.7 Å². The zero-order chi connectivity index (χ0) is 26.5. The molecule has 0 saturated carbocycles. The zero-order valence-corrected chi connectivity index (χ0v) is 20.7. The summed E-state index contributed by atoms with van der Waals surface area (Å²) in [5, 5.41) is 33.0. The molecule has 0 unspecified atom stereocenters. The van der Waals surface area contributed by atoms with E-state index in [-0.39, 0.29) is 25.5 Å². The molecule has 0 aromatic heterocycles. The number of hydrogen-bond donors (Lipinski definition) is 4. The second-order valence-corrected chi connectivity index (χ2v) is 8.97. The summed E-state index contributed by atoms with van der Waals surface area (Å²) in [5.74, 6) is -2.01. The van der Waals surface area contributed by atoms with Crippen molar-refractivity contribution in [1.29, 1.82) is 0 Å². The second-order valence-electron chi connectivity index (χ2n) is 8.97. The number of benzene rings is 2. The van der Waals surface area contributed by atoms with Crippen LogP contribution in [-0.4, -0.2) is 64.2 Å². The van der Waals surface area contributed by atoms with E-state index in [0.29, 0.717) is 23.5 Å². The molecule has 1 aliphatic rings. The quantitative estimate of drug-likeness (QED) is 0.372. The number of fused-ring (bicyclic) bond motifs is 1. The van der Waals surface area contributed by atoms with Crippen LogP contribution >= 0.6 is 0 Å². The third-order valence-corrected chi connectivity index (χ3v) is 6.36. The van der Waals surface area contributed by atoms with E-state index in [4.69, 9.17) is 0 Å². The summed E-state index contributed by atoms with van der Waals surface area (Å²) in [6, 6.07) is 14.2. The Hall–Kier alpha value is -3.53. The van der Waals surface area contributed by atoms with Gasteiger partial charge in [-0.05, 0) is 30.7 Å². The number of rotatable bonds is 10. The summed E-state index contributed by atoms with van der Waals surface area (Å²) in [5.41, 5.74) is 0.219. The van der Waals surface area contributed by atoms with Gasteiger partial charge in [0, 0.05) is 43.7 Å². The molecular formula is C27H33N3O6. The lowest BCUT2D eigenvalue weighted by Gasteiger charge is -2.27. The Kier molecular flexibility index (Phi) is 8.62. The van der Waals surface area contributed by atoms with Gasteiger partial charge in [0.15, 0.2) is 5.60 Å². The van der Waals surface area contributed by atoms with Crippen LogP contribution in [-0.2, 0) is 26.5 Å². The van der Waals surface area contributed by atoms with Crippen molar-refractivity contribution in [2.45, 2.75) is 38.5 Å². The molecule has 3 rings (SSSR count). The average Bonchev–Trinajstić information content (AvgIpc) is 3.05. The number of nitrogens with one attached hydrogen (secondary N) is 1. The van der Waals surface area contributed by atoms with Gasteiger partial charge in [-0.1, -0.05) is 49.4 Å². The highest BCUT2D eigenvalue weighted by Crippen LogP contribution is 2.45. The van der Waals surface area contributed by atoms with Gasteiger partial charge < -0.3 is 30.4 Å². The minimum absolute atomic E-state index is 0.0363. The number of carbonyl (C=O) groups excluding carboxylic acids is 3. The van der Waals surface area contributed by atoms with Crippen molar-refractivity contribution >= 4 is 29.1 Å². The maximum absolute atomic E-state index is 13.1. The molecule has 3 atom stereocenters. The lowest BCUT2D eigenvalue weighted by Crippen LogP contribution is -2.43. The van der Waals surface area contributed by atoms with E-state index >= 15 is 0 Å². The first-order chi connectivity index (χ1) is 17.1. The van der Waals surface area contributed by atoms with Crippen LogP contribution in [0.1, 0.15) is 31.4 Å². The number of anilines is 2. The van der Waals surface area contributed by atoms with Crippen molar-refractivity contribution < 1.29 is 29.7 Å². The third-order valence-electron chi connectivity index (χ3n) is 6.36. The summed E-state index contributed by atoms with van der Waals surface area (Å²) < 4.78 is 0. The van der Waals surface area contributed by atoms with Crippen LogP contribution in [0.2, 0.25) is 0 Å². The van der Waals surface area contributed by atoms with Crippen molar-refractivity contribution in [2.75, 3.05) is 30.4 Å². The monoisotopic (exact) mass is 495 g/mol. The highest BCUT2D eigenvalue weighted by Gasteiger charge is 2.51.